The maximum atomic E-state index is 12.3. The number of nitrogens with one attached hydrogen (secondary N) is 2. The Morgan fingerprint density at radius 1 is 1.08 bits per heavy atom. The molecule has 24 heavy (non-hydrogen) atoms. The molecule has 130 valence electrons. The Balaban J connectivity index is 0.00000144. The van der Waals surface area contributed by atoms with Crippen molar-refractivity contribution in [2.24, 2.45) is 0 Å². The fourth-order valence-corrected chi connectivity index (χ4v) is 2.48. The highest BCUT2D eigenvalue weighted by Gasteiger charge is 2.16. The summed E-state index contributed by atoms with van der Waals surface area (Å²) in [5.41, 5.74) is 0.616. The maximum Gasteiger partial charge on any atom is 0.251 e. The third-order valence-corrected chi connectivity index (χ3v) is 3.66. The Hall–Kier alpha value is -1.82. The van der Waals surface area contributed by atoms with Gasteiger partial charge in [-0.15, -0.1) is 24.8 Å². The summed E-state index contributed by atoms with van der Waals surface area (Å²) in [6, 6.07) is 11.0. The molecule has 1 aromatic carbocycles. The van der Waals surface area contributed by atoms with Gasteiger partial charge in [-0.25, -0.2) is 0 Å². The molecule has 0 bridgehead atoms. The number of rotatable bonds is 4. The zero-order valence-electron chi connectivity index (χ0n) is 13.1. The minimum Gasteiger partial charge on any atom is -0.457 e. The van der Waals surface area contributed by atoms with Gasteiger partial charge in [0.25, 0.3) is 5.91 Å². The summed E-state index contributed by atoms with van der Waals surface area (Å²) < 4.78 is 5.73. The second-order valence-corrected chi connectivity index (χ2v) is 5.31. The van der Waals surface area contributed by atoms with E-state index in [9.17, 15) is 4.79 Å². The van der Waals surface area contributed by atoms with E-state index in [1.54, 1.807) is 36.7 Å². The number of aromatic nitrogens is 1. The molecule has 1 aliphatic rings. The van der Waals surface area contributed by atoms with Crippen molar-refractivity contribution in [1.82, 2.24) is 15.6 Å². The zero-order valence-corrected chi connectivity index (χ0v) is 14.7. The molecule has 0 aliphatic carbocycles. The number of hydrogen-bond donors (Lipinski definition) is 2. The average molecular weight is 370 g/mol. The van der Waals surface area contributed by atoms with E-state index in [2.05, 4.69) is 15.6 Å². The normalized spacial score (nSPS) is 14.0. The van der Waals surface area contributed by atoms with Crippen molar-refractivity contribution < 1.29 is 9.53 Å². The molecule has 7 heteroatoms. The van der Waals surface area contributed by atoms with E-state index in [0.717, 1.165) is 25.9 Å². The van der Waals surface area contributed by atoms with Gasteiger partial charge in [0.05, 0.1) is 0 Å². The fraction of sp³-hybridized carbons (Fsp3) is 0.294. The zero-order chi connectivity index (χ0) is 15.2. The molecular formula is C17H21Cl2N3O2. The topological polar surface area (TPSA) is 63.2 Å². The van der Waals surface area contributed by atoms with Gasteiger partial charge in [0.1, 0.15) is 11.5 Å². The van der Waals surface area contributed by atoms with Crippen molar-refractivity contribution >= 4 is 30.7 Å². The lowest BCUT2D eigenvalue weighted by atomic mass is 10.1. The second-order valence-electron chi connectivity index (χ2n) is 5.31. The van der Waals surface area contributed by atoms with Crippen molar-refractivity contribution in [2.45, 2.75) is 18.9 Å². The van der Waals surface area contributed by atoms with Gasteiger partial charge in [-0.2, -0.15) is 0 Å². The predicted octanol–water partition coefficient (Wildman–Crippen LogP) is 3.20. The molecule has 5 nitrogen and oxygen atoms in total. The molecule has 1 fully saturated rings. The van der Waals surface area contributed by atoms with Crippen LogP contribution in [0.5, 0.6) is 11.5 Å². The number of halogens is 2. The van der Waals surface area contributed by atoms with E-state index < -0.39 is 0 Å². The van der Waals surface area contributed by atoms with Crippen LogP contribution in [0.15, 0.2) is 48.8 Å². The summed E-state index contributed by atoms with van der Waals surface area (Å²) in [6.45, 7) is 1.91. The van der Waals surface area contributed by atoms with Crippen molar-refractivity contribution in [1.29, 1.82) is 0 Å². The second kappa shape index (κ2) is 10.1. The summed E-state index contributed by atoms with van der Waals surface area (Å²) >= 11 is 0. The summed E-state index contributed by atoms with van der Waals surface area (Å²) in [4.78, 5) is 16.3. The quantitative estimate of drug-likeness (QED) is 0.868. The lowest BCUT2D eigenvalue weighted by Gasteiger charge is -2.23. The molecule has 2 heterocycles. The molecule has 0 spiro atoms. The van der Waals surface area contributed by atoms with Crippen LogP contribution in [-0.2, 0) is 0 Å². The molecule has 3 rings (SSSR count). The highest BCUT2D eigenvalue weighted by atomic mass is 35.5. The highest BCUT2D eigenvalue weighted by molar-refractivity contribution is 5.94. The first-order valence-corrected chi connectivity index (χ1v) is 7.51. The van der Waals surface area contributed by atoms with Crippen LogP contribution in [0, 0.1) is 0 Å². The van der Waals surface area contributed by atoms with Gasteiger partial charge < -0.3 is 15.4 Å². The van der Waals surface area contributed by atoms with Crippen LogP contribution in [0.2, 0.25) is 0 Å². The Labute approximate surface area is 154 Å². The van der Waals surface area contributed by atoms with E-state index in [-0.39, 0.29) is 36.8 Å². The third-order valence-electron chi connectivity index (χ3n) is 3.66. The van der Waals surface area contributed by atoms with Gasteiger partial charge in [-0.1, -0.05) is 6.07 Å². The van der Waals surface area contributed by atoms with E-state index in [1.165, 1.54) is 0 Å². The number of ether oxygens (including phenoxy) is 1. The Morgan fingerprint density at radius 3 is 2.50 bits per heavy atom. The summed E-state index contributed by atoms with van der Waals surface area (Å²) in [5.74, 6) is 1.29. The minimum atomic E-state index is -0.0490. The van der Waals surface area contributed by atoms with Crippen LogP contribution < -0.4 is 15.4 Å². The average Bonchev–Trinajstić information content (AvgIpc) is 2.57. The smallest absolute Gasteiger partial charge is 0.251 e. The maximum absolute atomic E-state index is 12.3. The predicted molar refractivity (Wildman–Crippen MR) is 98.6 cm³/mol. The van der Waals surface area contributed by atoms with Crippen molar-refractivity contribution in [3.8, 4) is 11.5 Å². The van der Waals surface area contributed by atoms with Crippen molar-refractivity contribution in [2.75, 3.05) is 13.1 Å². The number of pyridine rings is 1. The number of piperidine rings is 1. The first-order chi connectivity index (χ1) is 10.8. The van der Waals surface area contributed by atoms with Gasteiger partial charge in [0.15, 0.2) is 0 Å². The van der Waals surface area contributed by atoms with Crippen LogP contribution in [0.3, 0.4) is 0 Å². The van der Waals surface area contributed by atoms with Gasteiger partial charge in [0.2, 0.25) is 0 Å². The van der Waals surface area contributed by atoms with Crippen molar-refractivity contribution in [3.05, 3.63) is 54.4 Å². The third kappa shape index (κ3) is 5.67. The lowest BCUT2D eigenvalue weighted by molar-refractivity contribution is 0.0929. The SMILES string of the molecule is Cl.Cl.O=C(NC1CCNCC1)c1cccc(Oc2ccncc2)c1. The molecule has 1 amide bonds. The number of hydrogen-bond acceptors (Lipinski definition) is 4. The Kier molecular flexibility index (Phi) is 8.54. The monoisotopic (exact) mass is 369 g/mol. The molecule has 1 saturated heterocycles. The largest absolute Gasteiger partial charge is 0.457 e. The fourth-order valence-electron chi connectivity index (χ4n) is 2.48. The van der Waals surface area contributed by atoms with Crippen LogP contribution in [0.25, 0.3) is 0 Å². The molecule has 2 N–H and O–H groups in total. The van der Waals surface area contributed by atoms with Crippen LogP contribution >= 0.6 is 24.8 Å². The molecule has 0 saturated carbocycles. The first-order valence-electron chi connectivity index (χ1n) is 7.51. The number of carbonyl (C=O) groups is 1. The molecule has 0 atom stereocenters. The molecule has 0 radical (unpaired) electrons. The number of amides is 1. The standard InChI is InChI=1S/C17H19N3O2.2ClH/c21-17(20-14-4-8-18-9-5-14)13-2-1-3-16(12-13)22-15-6-10-19-11-7-15;;/h1-3,6-7,10-12,14,18H,4-5,8-9H2,(H,20,21);2*1H. The molecule has 2 aromatic rings. The molecular weight excluding hydrogens is 349 g/mol. The minimum absolute atomic E-state index is 0. The number of carbonyl (C=O) groups excluding carboxylic acids is 1. The summed E-state index contributed by atoms with van der Waals surface area (Å²) in [5, 5.41) is 6.37. The van der Waals surface area contributed by atoms with Gasteiger partial charge in [-0.05, 0) is 56.3 Å². The van der Waals surface area contributed by atoms with Gasteiger partial charge >= 0.3 is 0 Å². The Morgan fingerprint density at radius 2 is 1.79 bits per heavy atom. The highest BCUT2D eigenvalue weighted by Crippen LogP contribution is 2.21. The first kappa shape index (κ1) is 20.2. The van der Waals surface area contributed by atoms with Gasteiger partial charge in [0, 0.05) is 24.0 Å². The number of nitrogens with zero attached hydrogens (tertiary/aromatic N) is 1. The number of benzene rings is 1. The summed E-state index contributed by atoms with van der Waals surface area (Å²) in [7, 11) is 0. The van der Waals surface area contributed by atoms with Crippen molar-refractivity contribution in [3.63, 3.8) is 0 Å². The van der Waals surface area contributed by atoms with E-state index in [1.807, 2.05) is 12.1 Å². The van der Waals surface area contributed by atoms with E-state index in [0.29, 0.717) is 17.1 Å². The molecule has 0 unspecified atom stereocenters. The summed E-state index contributed by atoms with van der Waals surface area (Å²) in [6.07, 6.45) is 5.28. The van der Waals surface area contributed by atoms with Crippen LogP contribution in [0.4, 0.5) is 0 Å². The van der Waals surface area contributed by atoms with Gasteiger partial charge in [-0.3, -0.25) is 9.78 Å². The van der Waals surface area contributed by atoms with E-state index >= 15 is 0 Å². The van der Waals surface area contributed by atoms with E-state index in [4.69, 9.17) is 4.74 Å². The Bertz CT molecular complexity index is 635. The molecule has 1 aliphatic heterocycles. The van der Waals surface area contributed by atoms with Crippen LogP contribution in [0.1, 0.15) is 23.2 Å². The molecule has 1 aromatic heterocycles. The van der Waals surface area contributed by atoms with Crippen LogP contribution in [-0.4, -0.2) is 30.0 Å². The lowest BCUT2D eigenvalue weighted by Crippen LogP contribution is -2.42.